The highest BCUT2D eigenvalue weighted by molar-refractivity contribution is 7.73. The van der Waals surface area contributed by atoms with Crippen LogP contribution < -0.4 is 0 Å². The lowest BCUT2D eigenvalue weighted by molar-refractivity contribution is 1.35. The molecule has 2 heterocycles. The third kappa shape index (κ3) is 2.04. The number of hydrogen-bond acceptors (Lipinski definition) is 4. The molecule has 1 aromatic carbocycles. The topological polar surface area (TPSA) is 12.9 Å². The molecule has 0 radical (unpaired) electrons. The van der Waals surface area contributed by atoms with Crippen molar-refractivity contribution in [1.82, 2.24) is 4.98 Å². The van der Waals surface area contributed by atoms with Gasteiger partial charge in [-0.25, -0.2) is 4.98 Å². The van der Waals surface area contributed by atoms with E-state index >= 15 is 0 Å². The molecule has 0 aliphatic heterocycles. The second-order valence-corrected chi connectivity index (χ2v) is 6.62. The molecule has 0 saturated heterocycles. The maximum Gasteiger partial charge on any atom is 0.127 e. The minimum Gasteiger partial charge on any atom is -0.231 e. The summed E-state index contributed by atoms with van der Waals surface area (Å²) in [6.07, 6.45) is 0. The number of benzene rings is 1. The Bertz CT molecular complexity index is 725. The van der Waals surface area contributed by atoms with Gasteiger partial charge in [-0.05, 0) is 18.6 Å². The molecule has 3 rings (SSSR count). The summed E-state index contributed by atoms with van der Waals surface area (Å²) in [5, 5.41) is 2.14. The van der Waals surface area contributed by atoms with Crippen LogP contribution in [0.25, 0.3) is 20.7 Å². The zero-order valence-electron chi connectivity index (χ0n) is 9.14. The second-order valence-electron chi connectivity index (χ2n) is 3.72. The molecule has 0 saturated carbocycles. The standard InChI is InChI=1S/C13H9NS3/c1-8-14-12-10(13(15)16-8)7-11(17-12)9-5-3-2-4-6-9/h2-7H,1H3. The van der Waals surface area contributed by atoms with Gasteiger partial charge in [-0.15, -0.1) is 22.7 Å². The lowest BCUT2D eigenvalue weighted by atomic mass is 10.2. The van der Waals surface area contributed by atoms with E-state index in [0.717, 1.165) is 19.0 Å². The van der Waals surface area contributed by atoms with Crippen LogP contribution in [0, 0.1) is 10.7 Å². The fourth-order valence-electron chi connectivity index (χ4n) is 1.71. The molecular formula is C13H9NS3. The molecule has 84 valence electrons. The average Bonchev–Trinajstić information content (AvgIpc) is 2.74. The summed E-state index contributed by atoms with van der Waals surface area (Å²) in [4.78, 5) is 6.83. The minimum atomic E-state index is 0.936. The number of nitrogens with zero attached hydrogens (tertiary/aromatic N) is 1. The van der Waals surface area contributed by atoms with E-state index in [1.165, 1.54) is 10.4 Å². The Morgan fingerprint density at radius 2 is 1.88 bits per heavy atom. The van der Waals surface area contributed by atoms with E-state index in [1.807, 2.05) is 13.0 Å². The number of hydrogen-bond donors (Lipinski definition) is 0. The molecule has 2 aromatic heterocycles. The Morgan fingerprint density at radius 3 is 2.65 bits per heavy atom. The van der Waals surface area contributed by atoms with Gasteiger partial charge in [0.15, 0.2) is 0 Å². The average molecular weight is 275 g/mol. The van der Waals surface area contributed by atoms with Crippen molar-refractivity contribution in [2.24, 2.45) is 0 Å². The van der Waals surface area contributed by atoms with Crippen LogP contribution >= 0.6 is 34.9 Å². The molecule has 0 fully saturated rings. The summed E-state index contributed by atoms with van der Waals surface area (Å²) >= 11 is 8.68. The zero-order chi connectivity index (χ0) is 11.8. The highest BCUT2D eigenvalue weighted by atomic mass is 32.1. The zero-order valence-corrected chi connectivity index (χ0v) is 11.6. The molecule has 0 amide bonds. The molecule has 17 heavy (non-hydrogen) atoms. The van der Waals surface area contributed by atoms with Gasteiger partial charge in [-0.3, -0.25) is 0 Å². The first-order valence-electron chi connectivity index (χ1n) is 5.21. The highest BCUT2D eigenvalue weighted by Crippen LogP contribution is 2.34. The fourth-order valence-corrected chi connectivity index (χ4v) is 4.18. The highest BCUT2D eigenvalue weighted by Gasteiger charge is 2.07. The lowest BCUT2D eigenvalue weighted by Gasteiger charge is -1.93. The van der Waals surface area contributed by atoms with Crippen LogP contribution in [0.15, 0.2) is 36.4 Å². The van der Waals surface area contributed by atoms with Gasteiger partial charge in [-0.1, -0.05) is 42.5 Å². The van der Waals surface area contributed by atoms with E-state index in [2.05, 4.69) is 35.3 Å². The Kier molecular flexibility index (Phi) is 2.78. The summed E-state index contributed by atoms with van der Waals surface area (Å²) in [7, 11) is 0. The number of aryl methyl sites for hydroxylation is 1. The largest absolute Gasteiger partial charge is 0.231 e. The molecule has 1 nitrogen and oxygen atoms in total. The summed E-state index contributed by atoms with van der Waals surface area (Å²) in [6, 6.07) is 12.5. The first-order valence-corrected chi connectivity index (χ1v) is 7.25. The molecule has 4 heteroatoms. The maximum absolute atomic E-state index is 5.39. The van der Waals surface area contributed by atoms with E-state index < -0.39 is 0 Å². The van der Waals surface area contributed by atoms with Crippen molar-refractivity contribution in [2.75, 3.05) is 0 Å². The number of thiophene rings is 1. The monoisotopic (exact) mass is 275 g/mol. The van der Waals surface area contributed by atoms with E-state index in [0.29, 0.717) is 0 Å². The van der Waals surface area contributed by atoms with Gasteiger partial charge >= 0.3 is 0 Å². The molecule has 0 bridgehead atoms. The van der Waals surface area contributed by atoms with Crippen molar-refractivity contribution in [2.45, 2.75) is 6.92 Å². The lowest BCUT2D eigenvalue weighted by Crippen LogP contribution is -1.74. The van der Waals surface area contributed by atoms with Crippen LogP contribution in [0.5, 0.6) is 0 Å². The second kappa shape index (κ2) is 4.29. The molecule has 0 aliphatic carbocycles. The molecule has 0 unspecified atom stereocenters. The SMILES string of the molecule is Cc1nc2sc(-c3ccccc3)cc2c(=S)s1. The van der Waals surface area contributed by atoms with Gasteiger partial charge in [0.25, 0.3) is 0 Å². The van der Waals surface area contributed by atoms with Crippen LogP contribution in [0.4, 0.5) is 0 Å². The Balaban J connectivity index is 2.28. The van der Waals surface area contributed by atoms with Gasteiger partial charge in [0, 0.05) is 10.3 Å². The molecule has 0 N–H and O–H groups in total. The van der Waals surface area contributed by atoms with Crippen molar-refractivity contribution in [3.05, 3.63) is 45.2 Å². The molecule has 0 aliphatic rings. The normalized spacial score (nSPS) is 10.9. The number of aromatic nitrogens is 1. The van der Waals surface area contributed by atoms with Crippen LogP contribution in [0.2, 0.25) is 0 Å². The van der Waals surface area contributed by atoms with Crippen molar-refractivity contribution in [3.8, 4) is 10.4 Å². The summed E-state index contributed by atoms with van der Waals surface area (Å²) < 4.78 is 0.936. The predicted octanol–water partition coefficient (Wildman–Crippen LogP) is 5.06. The fraction of sp³-hybridized carbons (Fsp3) is 0.0769. The van der Waals surface area contributed by atoms with Gasteiger partial charge < -0.3 is 0 Å². The third-order valence-electron chi connectivity index (χ3n) is 2.49. The summed E-state index contributed by atoms with van der Waals surface area (Å²) in [5.74, 6) is 0. The van der Waals surface area contributed by atoms with Gasteiger partial charge in [0.2, 0.25) is 0 Å². The maximum atomic E-state index is 5.39. The van der Waals surface area contributed by atoms with E-state index in [4.69, 9.17) is 12.2 Å². The first-order chi connectivity index (χ1) is 8.24. The van der Waals surface area contributed by atoms with Gasteiger partial charge in [0.05, 0.1) is 5.01 Å². The number of rotatable bonds is 1. The van der Waals surface area contributed by atoms with Crippen LogP contribution in [-0.2, 0) is 0 Å². The third-order valence-corrected chi connectivity index (χ3v) is 4.83. The minimum absolute atomic E-state index is 0.936. The summed E-state index contributed by atoms with van der Waals surface area (Å²) in [5.41, 5.74) is 1.23. The Hall–Kier alpha value is -1.10. The molecule has 0 atom stereocenters. The number of fused-ring (bicyclic) bond motifs is 1. The van der Waals surface area contributed by atoms with Crippen LogP contribution in [0.3, 0.4) is 0 Å². The molecule has 0 spiro atoms. The van der Waals surface area contributed by atoms with E-state index in [1.54, 1.807) is 22.7 Å². The Morgan fingerprint density at radius 1 is 1.12 bits per heavy atom. The quantitative estimate of drug-likeness (QED) is 0.576. The first kappa shape index (κ1) is 11.0. The molecule has 3 aromatic rings. The smallest absolute Gasteiger partial charge is 0.127 e. The summed E-state index contributed by atoms with van der Waals surface area (Å²) in [6.45, 7) is 2.00. The van der Waals surface area contributed by atoms with E-state index in [-0.39, 0.29) is 0 Å². The Labute approximate surface area is 112 Å². The van der Waals surface area contributed by atoms with Crippen molar-refractivity contribution >= 4 is 45.1 Å². The van der Waals surface area contributed by atoms with Crippen LogP contribution in [0.1, 0.15) is 5.01 Å². The van der Waals surface area contributed by atoms with Crippen molar-refractivity contribution in [1.29, 1.82) is 0 Å². The molecular weight excluding hydrogens is 266 g/mol. The predicted molar refractivity (Wildman–Crippen MR) is 78.5 cm³/mol. The van der Waals surface area contributed by atoms with Crippen molar-refractivity contribution in [3.63, 3.8) is 0 Å². The van der Waals surface area contributed by atoms with Crippen molar-refractivity contribution < 1.29 is 0 Å². The van der Waals surface area contributed by atoms with E-state index in [9.17, 15) is 0 Å². The van der Waals surface area contributed by atoms with Crippen LogP contribution in [-0.4, -0.2) is 4.98 Å². The van der Waals surface area contributed by atoms with Gasteiger partial charge in [-0.2, -0.15) is 0 Å². The van der Waals surface area contributed by atoms with Gasteiger partial charge in [0.1, 0.15) is 8.65 Å².